The summed E-state index contributed by atoms with van der Waals surface area (Å²) in [4.78, 5) is 37.1. The topological polar surface area (TPSA) is 191 Å². The highest BCUT2D eigenvalue weighted by atomic mass is 32.2. The number of likely N-dealkylation sites (N-methyl/N-ethyl adjacent to an activating group) is 1. The van der Waals surface area contributed by atoms with Gasteiger partial charge in [0.15, 0.2) is 0 Å². The van der Waals surface area contributed by atoms with E-state index in [9.17, 15) is 29.3 Å². The molecule has 1 amide bonds. The molecule has 62 heavy (non-hydrogen) atoms. The molecule has 0 saturated carbocycles. The third-order valence-corrected chi connectivity index (χ3v) is 12.6. The number of hydrogen-bond donors (Lipinski definition) is 5. The Labute approximate surface area is 381 Å². The van der Waals surface area contributed by atoms with Crippen molar-refractivity contribution in [2.45, 2.75) is 185 Å². The number of aliphatic hydroxyl groups is 2. The van der Waals surface area contributed by atoms with Crippen molar-refractivity contribution in [2.75, 3.05) is 46.7 Å². The van der Waals surface area contributed by atoms with Gasteiger partial charge in [0.05, 0.1) is 52.0 Å². The normalized spacial score (nSPS) is 16.1. The molecule has 0 radical (unpaired) electrons. The van der Waals surface area contributed by atoms with Crippen LogP contribution in [-0.4, -0.2) is 108 Å². The molecule has 0 aromatic heterocycles. The lowest BCUT2D eigenvalue weighted by molar-refractivity contribution is -0.870. The number of nitrogens with one attached hydrogen (secondary N) is 1. The quantitative estimate of drug-likeness (QED) is 0.0129. The van der Waals surface area contributed by atoms with Crippen LogP contribution in [0.4, 0.5) is 0 Å². The standard InChI is InChI=1S/C48H88N3O9PS/c1-6-8-10-12-14-16-18-20-21-22-23-25-27-29-31-34-44(52)43(40-60-61(57,58)59-39-38-51(3,4)5)50-48(56)42(49)41-62-46(45(53)35-33-37-47(54)55)36-32-30-28-26-24-19-17-15-13-11-9-7-2/h15,17,24,26,28,30-32,34,36,42-46,52-53H,6-14,16,18-23,25,27,29,33,35,37-41,49H2,1-5H3,(H2-,50,54,55,56,57,58)/b17-15-,26-24-,30-28+,34-31+,36-32+/t42-,43-,44+,45-,46+/m0/s1. The number of carboxylic acids is 1. The van der Waals surface area contributed by atoms with Crippen LogP contribution in [0.3, 0.4) is 0 Å². The van der Waals surface area contributed by atoms with Crippen molar-refractivity contribution in [1.82, 2.24) is 5.32 Å². The van der Waals surface area contributed by atoms with Crippen molar-refractivity contribution in [1.29, 1.82) is 0 Å². The zero-order valence-corrected chi connectivity index (χ0v) is 40.9. The second-order valence-corrected chi connectivity index (χ2v) is 19.9. The van der Waals surface area contributed by atoms with Crippen molar-refractivity contribution in [2.24, 2.45) is 5.73 Å². The van der Waals surface area contributed by atoms with Crippen LogP contribution in [0.25, 0.3) is 0 Å². The Kier molecular flexibility index (Phi) is 38.0. The summed E-state index contributed by atoms with van der Waals surface area (Å²) in [7, 11) is 0.954. The van der Waals surface area contributed by atoms with Crippen LogP contribution >= 0.6 is 19.6 Å². The summed E-state index contributed by atoms with van der Waals surface area (Å²) in [5, 5.41) is 33.4. The van der Waals surface area contributed by atoms with E-state index in [0.717, 1.165) is 38.5 Å². The minimum atomic E-state index is -4.75. The van der Waals surface area contributed by atoms with Gasteiger partial charge >= 0.3 is 5.97 Å². The van der Waals surface area contributed by atoms with Gasteiger partial charge in [0.1, 0.15) is 13.2 Å². The fraction of sp³-hybridized carbons (Fsp3) is 0.750. The summed E-state index contributed by atoms with van der Waals surface area (Å²) < 4.78 is 23.3. The third-order valence-electron chi connectivity index (χ3n) is 10.2. The average Bonchev–Trinajstić information content (AvgIpc) is 3.21. The SMILES string of the molecule is CCCCC/C=C\C\C=C/C=C/C=C/[C@@H](SC[C@H](N)C(=O)N[C@@H](COP(=O)([O-])OCC[N+](C)(C)C)[C@H](O)/C=C/CCCCCCCCCCCCCCC)[C@@H](O)CCCC(=O)O. The molecule has 1 unspecified atom stereocenters. The second-order valence-electron chi connectivity index (χ2n) is 17.3. The Morgan fingerprint density at radius 1 is 0.758 bits per heavy atom. The first kappa shape index (κ1) is 59.9. The molecule has 0 saturated heterocycles. The largest absolute Gasteiger partial charge is 0.756 e. The number of amides is 1. The number of carboxylic acid groups (broad SMARTS) is 1. The van der Waals surface area contributed by atoms with Crippen LogP contribution in [0.2, 0.25) is 0 Å². The number of carbonyl (C=O) groups excluding carboxylic acids is 1. The summed E-state index contributed by atoms with van der Waals surface area (Å²) in [6.45, 7) is 4.20. The lowest BCUT2D eigenvalue weighted by Gasteiger charge is -2.30. The third kappa shape index (κ3) is 38.4. The van der Waals surface area contributed by atoms with E-state index < -0.39 is 55.8 Å². The van der Waals surface area contributed by atoms with E-state index in [1.807, 2.05) is 51.5 Å². The lowest BCUT2D eigenvalue weighted by atomic mass is 10.0. The molecule has 6 atom stereocenters. The van der Waals surface area contributed by atoms with Crippen molar-refractivity contribution in [3.63, 3.8) is 0 Å². The van der Waals surface area contributed by atoms with Crippen molar-refractivity contribution in [3.05, 3.63) is 60.8 Å². The molecule has 0 spiro atoms. The number of aliphatic carboxylic acids is 1. The van der Waals surface area contributed by atoms with Gasteiger partial charge in [0, 0.05) is 17.4 Å². The Morgan fingerprint density at radius 3 is 1.94 bits per heavy atom. The first-order valence-corrected chi connectivity index (χ1v) is 26.1. The second kappa shape index (κ2) is 39.3. The molecule has 0 aliphatic rings. The number of carbonyl (C=O) groups is 2. The number of hydrogen-bond acceptors (Lipinski definition) is 10. The van der Waals surface area contributed by atoms with Crippen molar-refractivity contribution < 1.29 is 47.9 Å². The fourth-order valence-corrected chi connectivity index (χ4v) is 8.14. The van der Waals surface area contributed by atoms with Crippen LogP contribution in [-0.2, 0) is 23.2 Å². The van der Waals surface area contributed by atoms with Gasteiger partial charge in [-0.15, -0.1) is 11.8 Å². The van der Waals surface area contributed by atoms with Crippen LogP contribution < -0.4 is 15.9 Å². The number of phosphoric ester groups is 1. The van der Waals surface area contributed by atoms with Gasteiger partial charge in [0.2, 0.25) is 5.91 Å². The number of phosphoric acid groups is 1. The molecule has 0 bridgehead atoms. The molecule has 0 aliphatic carbocycles. The number of aliphatic hydroxyl groups excluding tert-OH is 2. The summed E-state index contributed by atoms with van der Waals surface area (Å²) >= 11 is 1.25. The molecule has 360 valence electrons. The lowest BCUT2D eigenvalue weighted by Crippen LogP contribution is -2.52. The van der Waals surface area contributed by atoms with Crippen LogP contribution in [0.15, 0.2) is 60.8 Å². The fourth-order valence-electron chi connectivity index (χ4n) is 6.28. The van der Waals surface area contributed by atoms with Gasteiger partial charge in [-0.1, -0.05) is 164 Å². The van der Waals surface area contributed by atoms with Gasteiger partial charge < -0.3 is 44.8 Å². The maximum Gasteiger partial charge on any atom is 0.303 e. The molecule has 0 rings (SSSR count). The van der Waals surface area contributed by atoms with Gasteiger partial charge in [-0.3, -0.25) is 14.2 Å². The molecule has 12 nitrogen and oxygen atoms in total. The molecule has 14 heteroatoms. The highest BCUT2D eigenvalue weighted by Crippen LogP contribution is 2.38. The number of unbranched alkanes of at least 4 members (excludes halogenated alkanes) is 16. The molecule has 0 aliphatic heterocycles. The highest BCUT2D eigenvalue weighted by molar-refractivity contribution is 8.00. The number of rotatable bonds is 42. The molecule has 0 fully saturated rings. The van der Waals surface area contributed by atoms with Gasteiger partial charge in [-0.2, -0.15) is 0 Å². The van der Waals surface area contributed by atoms with E-state index in [0.29, 0.717) is 11.0 Å². The Balaban J connectivity index is 5.39. The van der Waals surface area contributed by atoms with Gasteiger partial charge in [-0.25, -0.2) is 0 Å². The number of thioether (sulfide) groups is 1. The first-order valence-electron chi connectivity index (χ1n) is 23.6. The van der Waals surface area contributed by atoms with E-state index in [-0.39, 0.29) is 31.6 Å². The Morgan fingerprint density at radius 2 is 1.32 bits per heavy atom. The van der Waals surface area contributed by atoms with Crippen molar-refractivity contribution >= 4 is 31.5 Å². The summed E-state index contributed by atoms with van der Waals surface area (Å²) in [6.07, 6.45) is 39.9. The maximum absolute atomic E-state index is 13.4. The minimum Gasteiger partial charge on any atom is -0.756 e. The van der Waals surface area contributed by atoms with E-state index in [4.69, 9.17) is 19.9 Å². The van der Waals surface area contributed by atoms with Crippen LogP contribution in [0.1, 0.15) is 155 Å². The number of nitrogens with two attached hydrogens (primary N) is 1. The zero-order valence-electron chi connectivity index (χ0n) is 39.2. The van der Waals surface area contributed by atoms with Crippen LogP contribution in [0.5, 0.6) is 0 Å². The Hall–Kier alpha value is -2.06. The van der Waals surface area contributed by atoms with E-state index in [2.05, 4.69) is 31.3 Å². The summed E-state index contributed by atoms with van der Waals surface area (Å²) in [6, 6.07) is -2.22. The predicted molar refractivity (Wildman–Crippen MR) is 257 cm³/mol. The van der Waals surface area contributed by atoms with Gasteiger partial charge in [-0.05, 0) is 44.9 Å². The van der Waals surface area contributed by atoms with E-state index >= 15 is 0 Å². The van der Waals surface area contributed by atoms with Crippen molar-refractivity contribution in [3.8, 4) is 0 Å². The summed E-state index contributed by atoms with van der Waals surface area (Å²) in [5.41, 5.74) is 6.32. The number of quaternary nitrogens is 1. The minimum absolute atomic E-state index is 0.0748. The molecule has 0 heterocycles. The maximum atomic E-state index is 13.4. The summed E-state index contributed by atoms with van der Waals surface area (Å²) in [5.74, 6) is -1.49. The van der Waals surface area contributed by atoms with E-state index in [1.165, 1.54) is 95.2 Å². The average molecular weight is 914 g/mol. The highest BCUT2D eigenvalue weighted by Gasteiger charge is 2.27. The first-order chi connectivity index (χ1) is 29.6. The molecule has 0 aromatic carbocycles. The molecule has 0 aromatic rings. The predicted octanol–water partition coefficient (Wildman–Crippen LogP) is 9.32. The molecular weight excluding hydrogens is 826 g/mol. The van der Waals surface area contributed by atoms with E-state index in [1.54, 1.807) is 18.2 Å². The molecule has 6 N–H and O–H groups in total. The number of allylic oxidation sites excluding steroid dienone is 8. The molecular formula is C48H88N3O9PS. The smallest absolute Gasteiger partial charge is 0.303 e. The Bertz CT molecular complexity index is 1320. The van der Waals surface area contributed by atoms with Gasteiger partial charge in [0.25, 0.3) is 7.82 Å². The monoisotopic (exact) mass is 914 g/mol. The van der Waals surface area contributed by atoms with Crippen LogP contribution in [0, 0.1) is 0 Å². The number of nitrogens with zero attached hydrogens (tertiary/aromatic N) is 1. The zero-order chi connectivity index (χ0) is 46.3.